The smallest absolute Gasteiger partial charge is 0.271 e. The van der Waals surface area contributed by atoms with E-state index in [4.69, 9.17) is 5.73 Å². The number of nitrogen functional groups attached to an aromatic ring is 1. The lowest BCUT2D eigenvalue weighted by Crippen LogP contribution is -2.47. The molecule has 148 valence electrons. The van der Waals surface area contributed by atoms with Crippen molar-refractivity contribution in [3.8, 4) is 0 Å². The van der Waals surface area contributed by atoms with Crippen LogP contribution in [-0.4, -0.2) is 42.7 Å². The average molecular weight is 382 g/mol. The molecular weight excluding hydrogens is 356 g/mol. The fourth-order valence-electron chi connectivity index (χ4n) is 3.02. The van der Waals surface area contributed by atoms with Gasteiger partial charge in [0.1, 0.15) is 11.2 Å². The summed E-state index contributed by atoms with van der Waals surface area (Å²) in [7, 11) is 1.78. The Morgan fingerprint density at radius 3 is 2.86 bits per heavy atom. The van der Waals surface area contributed by atoms with Gasteiger partial charge in [0.15, 0.2) is 5.82 Å². The Hall–Kier alpha value is -3.23. The first-order valence-corrected chi connectivity index (χ1v) is 9.34. The van der Waals surface area contributed by atoms with Gasteiger partial charge in [-0.15, -0.1) is 0 Å². The summed E-state index contributed by atoms with van der Waals surface area (Å²) in [5, 5.41) is 10.6. The fourth-order valence-corrected chi connectivity index (χ4v) is 3.02. The molecule has 1 amide bonds. The number of carbonyl (C=O) groups excluding carboxylic acids is 1. The second-order valence-corrected chi connectivity index (χ2v) is 7.15. The normalized spacial score (nSPS) is 13.2. The lowest BCUT2D eigenvalue weighted by atomic mass is 9.94. The van der Waals surface area contributed by atoms with Crippen LogP contribution < -0.4 is 16.4 Å². The number of hydrogen-bond donors (Lipinski definition) is 3. The molecule has 28 heavy (non-hydrogen) atoms. The van der Waals surface area contributed by atoms with Gasteiger partial charge in [0.05, 0.1) is 11.1 Å². The Bertz CT molecular complexity index is 969. The van der Waals surface area contributed by atoms with E-state index in [1.807, 2.05) is 12.1 Å². The minimum absolute atomic E-state index is 0.179. The molecule has 3 heterocycles. The zero-order valence-electron chi connectivity index (χ0n) is 16.4. The largest absolute Gasteiger partial charge is 0.368 e. The highest BCUT2D eigenvalue weighted by Gasteiger charge is 2.27. The number of nitrogens with zero attached hydrogens (tertiary/aromatic N) is 5. The summed E-state index contributed by atoms with van der Waals surface area (Å²) in [6.45, 7) is 4.58. The van der Waals surface area contributed by atoms with Crippen LogP contribution in [0.2, 0.25) is 0 Å². The number of fused-ring (bicyclic) bond motifs is 1. The van der Waals surface area contributed by atoms with Crippen molar-refractivity contribution in [2.24, 2.45) is 7.05 Å². The maximum absolute atomic E-state index is 12.4. The molecular formula is C19H26N8O. The van der Waals surface area contributed by atoms with Crippen molar-refractivity contribution in [3.63, 3.8) is 0 Å². The molecule has 0 aliphatic heterocycles. The highest BCUT2D eigenvalue weighted by atomic mass is 16.1. The van der Waals surface area contributed by atoms with Crippen LogP contribution in [0.1, 0.15) is 43.6 Å². The van der Waals surface area contributed by atoms with Crippen molar-refractivity contribution in [1.29, 1.82) is 0 Å². The van der Waals surface area contributed by atoms with Gasteiger partial charge in [-0.3, -0.25) is 14.5 Å². The highest BCUT2D eigenvalue weighted by molar-refractivity contribution is 5.92. The van der Waals surface area contributed by atoms with Crippen LogP contribution in [0, 0.1) is 0 Å². The van der Waals surface area contributed by atoms with Crippen molar-refractivity contribution in [2.75, 3.05) is 17.6 Å². The van der Waals surface area contributed by atoms with Gasteiger partial charge in [-0.2, -0.15) is 10.1 Å². The maximum atomic E-state index is 12.4. The van der Waals surface area contributed by atoms with Gasteiger partial charge in [-0.25, -0.2) is 4.98 Å². The molecule has 0 saturated heterocycles. The minimum Gasteiger partial charge on any atom is -0.368 e. The second kappa shape index (κ2) is 8.20. The summed E-state index contributed by atoms with van der Waals surface area (Å²) in [6, 6.07) is 5.34. The topological polar surface area (TPSA) is 124 Å². The summed E-state index contributed by atoms with van der Waals surface area (Å²) in [6.07, 6.45) is 6.31. The zero-order chi connectivity index (χ0) is 20.1. The van der Waals surface area contributed by atoms with Gasteiger partial charge >= 0.3 is 0 Å². The molecule has 0 aliphatic carbocycles. The van der Waals surface area contributed by atoms with E-state index >= 15 is 0 Å². The van der Waals surface area contributed by atoms with Crippen LogP contribution in [0.3, 0.4) is 0 Å². The number of rotatable bonds is 8. The third kappa shape index (κ3) is 4.54. The number of pyridine rings is 1. The number of aryl methyl sites for hydroxylation is 1. The molecule has 1 unspecified atom stereocenters. The molecule has 0 spiro atoms. The first-order chi connectivity index (χ1) is 13.4. The first kappa shape index (κ1) is 19.5. The number of anilines is 2. The van der Waals surface area contributed by atoms with E-state index in [9.17, 15) is 4.79 Å². The molecule has 0 saturated carbocycles. The predicted octanol–water partition coefficient (Wildman–Crippen LogP) is 2.13. The monoisotopic (exact) mass is 382 g/mol. The van der Waals surface area contributed by atoms with Gasteiger partial charge in [-0.1, -0.05) is 19.8 Å². The van der Waals surface area contributed by atoms with E-state index in [0.717, 1.165) is 19.3 Å². The van der Waals surface area contributed by atoms with Gasteiger partial charge < -0.3 is 16.4 Å². The van der Waals surface area contributed by atoms with Gasteiger partial charge in [-0.05, 0) is 31.5 Å². The molecule has 1 atom stereocenters. The Morgan fingerprint density at radius 2 is 2.14 bits per heavy atom. The van der Waals surface area contributed by atoms with Crippen molar-refractivity contribution >= 4 is 28.7 Å². The molecule has 0 bridgehead atoms. The number of aromatic nitrogens is 5. The SMILES string of the molecule is CCCCC(C)(CNC(=O)c1ccn(C)n1)Nc1nc(N)nc2cccnc12. The first-order valence-electron chi connectivity index (χ1n) is 9.34. The molecule has 0 aromatic carbocycles. The summed E-state index contributed by atoms with van der Waals surface area (Å²) < 4.78 is 1.60. The number of nitrogens with two attached hydrogens (primary N) is 1. The Kier molecular flexibility index (Phi) is 5.72. The zero-order valence-corrected chi connectivity index (χ0v) is 16.4. The number of carbonyl (C=O) groups is 1. The average Bonchev–Trinajstić information content (AvgIpc) is 3.11. The second-order valence-electron chi connectivity index (χ2n) is 7.15. The van der Waals surface area contributed by atoms with Gasteiger partial charge in [0.25, 0.3) is 5.91 Å². The lowest BCUT2D eigenvalue weighted by Gasteiger charge is -2.32. The lowest BCUT2D eigenvalue weighted by molar-refractivity contribution is 0.0940. The number of amides is 1. The molecule has 3 rings (SSSR count). The van der Waals surface area contributed by atoms with E-state index < -0.39 is 5.54 Å². The van der Waals surface area contributed by atoms with E-state index in [-0.39, 0.29) is 11.9 Å². The van der Waals surface area contributed by atoms with Crippen LogP contribution >= 0.6 is 0 Å². The molecule has 9 nitrogen and oxygen atoms in total. The van der Waals surface area contributed by atoms with Crippen LogP contribution in [-0.2, 0) is 7.05 Å². The summed E-state index contributed by atoms with van der Waals surface area (Å²) in [5.41, 5.74) is 7.15. The maximum Gasteiger partial charge on any atom is 0.271 e. The molecule has 9 heteroatoms. The van der Waals surface area contributed by atoms with E-state index in [0.29, 0.717) is 29.1 Å². The van der Waals surface area contributed by atoms with Crippen LogP contribution in [0.15, 0.2) is 30.6 Å². The fraction of sp³-hybridized carbons (Fsp3) is 0.421. The minimum atomic E-state index is -0.439. The molecule has 3 aromatic heterocycles. The third-order valence-corrected chi connectivity index (χ3v) is 4.56. The van der Waals surface area contributed by atoms with Gasteiger partial charge in [0, 0.05) is 26.0 Å². The van der Waals surface area contributed by atoms with Crippen molar-refractivity contribution < 1.29 is 4.79 Å². The number of unbranched alkanes of at least 4 members (excludes halogenated alkanes) is 1. The van der Waals surface area contributed by atoms with Gasteiger partial charge in [0.2, 0.25) is 5.95 Å². The summed E-state index contributed by atoms with van der Waals surface area (Å²) in [4.78, 5) is 25.4. The molecule has 4 N–H and O–H groups in total. The third-order valence-electron chi connectivity index (χ3n) is 4.56. The Morgan fingerprint density at radius 1 is 1.32 bits per heavy atom. The van der Waals surface area contributed by atoms with Crippen LogP contribution in [0.25, 0.3) is 11.0 Å². The van der Waals surface area contributed by atoms with E-state index in [1.165, 1.54) is 0 Å². The van der Waals surface area contributed by atoms with Crippen molar-refractivity contribution in [1.82, 2.24) is 30.0 Å². The summed E-state index contributed by atoms with van der Waals surface area (Å²) >= 11 is 0. The highest BCUT2D eigenvalue weighted by Crippen LogP contribution is 2.25. The summed E-state index contributed by atoms with van der Waals surface area (Å²) in [5.74, 6) is 0.530. The standard InChI is InChI=1S/C19H26N8O/c1-4-5-9-19(2,12-22-17(28)14-8-11-27(3)26-14)25-16-15-13(7-6-10-21-15)23-18(20)24-16/h6-8,10-11H,4-5,9,12H2,1-3H3,(H,22,28)(H3,20,23,24,25). The van der Waals surface area contributed by atoms with Crippen molar-refractivity contribution in [2.45, 2.75) is 38.6 Å². The van der Waals surface area contributed by atoms with Crippen molar-refractivity contribution in [3.05, 3.63) is 36.3 Å². The molecule has 0 radical (unpaired) electrons. The quantitative estimate of drug-likeness (QED) is 0.545. The molecule has 0 aliphatic rings. The van der Waals surface area contributed by atoms with Crippen LogP contribution in [0.4, 0.5) is 11.8 Å². The Balaban J connectivity index is 1.82. The Labute approximate surface area is 163 Å². The predicted molar refractivity (Wildman–Crippen MR) is 109 cm³/mol. The number of nitrogens with one attached hydrogen (secondary N) is 2. The molecule has 3 aromatic rings. The number of hydrogen-bond acceptors (Lipinski definition) is 7. The van der Waals surface area contributed by atoms with E-state index in [1.54, 1.807) is 30.2 Å². The van der Waals surface area contributed by atoms with Crippen LogP contribution in [0.5, 0.6) is 0 Å². The molecule has 0 fully saturated rings. The van der Waals surface area contributed by atoms with E-state index in [2.05, 4.69) is 44.5 Å².